The molecule has 32 heavy (non-hydrogen) atoms. The molecule has 5 rings (SSSR count). The van der Waals surface area contributed by atoms with Crippen LogP contribution in [0.4, 0.5) is 15.4 Å². The van der Waals surface area contributed by atoms with E-state index >= 15 is 0 Å². The Morgan fingerprint density at radius 1 is 0.969 bits per heavy atom. The minimum Gasteiger partial charge on any atom is -0.493 e. The van der Waals surface area contributed by atoms with Gasteiger partial charge in [-0.25, -0.2) is 9.59 Å². The average Bonchev–Trinajstić information content (AvgIpc) is 3.13. The molecule has 2 saturated heterocycles. The number of amides is 3. The predicted molar refractivity (Wildman–Crippen MR) is 117 cm³/mol. The molecule has 162 valence electrons. The van der Waals surface area contributed by atoms with Crippen LogP contribution in [0.1, 0.15) is 11.1 Å². The normalized spacial score (nSPS) is 19.2. The summed E-state index contributed by atoms with van der Waals surface area (Å²) in [4.78, 5) is 33.2. The largest absolute Gasteiger partial charge is 0.493 e. The fraction of sp³-hybridized carbons (Fsp3) is 0.208. The summed E-state index contributed by atoms with van der Waals surface area (Å²) in [5.41, 5.74) is 0.662. The molecule has 8 heteroatoms. The summed E-state index contributed by atoms with van der Waals surface area (Å²) in [5.74, 6) is 0.0862. The lowest BCUT2D eigenvalue weighted by Crippen LogP contribution is -2.59. The van der Waals surface area contributed by atoms with Crippen molar-refractivity contribution in [1.29, 1.82) is 0 Å². The smallest absolute Gasteiger partial charge is 0.411 e. The number of fused-ring (bicyclic) bond motifs is 1. The zero-order valence-corrected chi connectivity index (χ0v) is 17.2. The molecule has 2 N–H and O–H groups in total. The van der Waals surface area contributed by atoms with Gasteiger partial charge in [0.1, 0.15) is 11.9 Å². The first kappa shape index (κ1) is 19.9. The number of ether oxygens (including phenoxy) is 1. The molecule has 0 radical (unpaired) electrons. The second kappa shape index (κ2) is 7.88. The maximum Gasteiger partial charge on any atom is 0.411 e. The Morgan fingerprint density at radius 3 is 2.25 bits per heavy atom. The van der Waals surface area contributed by atoms with Crippen molar-refractivity contribution >= 4 is 17.9 Å². The van der Waals surface area contributed by atoms with E-state index in [1.54, 1.807) is 21.9 Å². The highest BCUT2D eigenvalue weighted by molar-refractivity contribution is 5.88. The van der Waals surface area contributed by atoms with Crippen molar-refractivity contribution in [2.45, 2.75) is 11.6 Å². The maximum absolute atomic E-state index is 13.0. The van der Waals surface area contributed by atoms with Crippen molar-refractivity contribution in [3.63, 3.8) is 0 Å². The van der Waals surface area contributed by atoms with Crippen LogP contribution in [0.3, 0.4) is 0 Å². The van der Waals surface area contributed by atoms with Crippen LogP contribution in [-0.2, 0) is 10.3 Å². The molecule has 0 saturated carbocycles. The van der Waals surface area contributed by atoms with Gasteiger partial charge in [0.25, 0.3) is 0 Å². The standard InChI is InChI=1S/C24H22N4O4/c29-21-13-7-12-20(25-21)26-22(30)27-14-15-28-19(16-27)24(32-23(28)31,17-8-3-1-4-9-17)18-10-5-2-6-11-18/h1-13,19H,14-16H2,(H2,25,26,29,30). The van der Waals surface area contributed by atoms with Crippen molar-refractivity contribution in [3.8, 4) is 5.88 Å². The maximum atomic E-state index is 13.0. The lowest BCUT2D eigenvalue weighted by atomic mass is 9.79. The number of nitrogens with zero attached hydrogens (tertiary/aromatic N) is 3. The summed E-state index contributed by atoms with van der Waals surface area (Å²) in [6.07, 6.45) is -0.391. The van der Waals surface area contributed by atoms with Gasteiger partial charge in [-0.2, -0.15) is 4.98 Å². The Morgan fingerprint density at radius 2 is 1.62 bits per heavy atom. The lowest BCUT2D eigenvalue weighted by Gasteiger charge is -2.42. The Hall–Kier alpha value is -4.07. The molecule has 3 heterocycles. The minimum absolute atomic E-state index is 0.172. The van der Waals surface area contributed by atoms with E-state index in [0.717, 1.165) is 11.1 Å². The second-order valence-corrected chi connectivity index (χ2v) is 7.80. The lowest BCUT2D eigenvalue weighted by molar-refractivity contribution is 0.0525. The van der Waals surface area contributed by atoms with Crippen LogP contribution >= 0.6 is 0 Å². The average molecular weight is 430 g/mol. The molecule has 1 atom stereocenters. The van der Waals surface area contributed by atoms with Gasteiger partial charge in [-0.1, -0.05) is 66.7 Å². The van der Waals surface area contributed by atoms with Crippen molar-refractivity contribution in [2.24, 2.45) is 0 Å². The summed E-state index contributed by atoms with van der Waals surface area (Å²) >= 11 is 0. The summed E-state index contributed by atoms with van der Waals surface area (Å²) in [6, 6.07) is 23.2. The van der Waals surface area contributed by atoms with Gasteiger partial charge < -0.3 is 14.7 Å². The number of urea groups is 1. The van der Waals surface area contributed by atoms with Crippen LogP contribution in [-0.4, -0.2) is 57.7 Å². The molecule has 2 aliphatic rings. The molecule has 3 aromatic rings. The minimum atomic E-state index is -1.04. The van der Waals surface area contributed by atoms with Gasteiger partial charge in [0.05, 0.1) is 0 Å². The quantitative estimate of drug-likeness (QED) is 0.664. The Balaban J connectivity index is 1.50. The predicted octanol–water partition coefficient (Wildman–Crippen LogP) is 3.40. The van der Waals surface area contributed by atoms with E-state index in [-0.39, 0.29) is 24.3 Å². The molecule has 2 fully saturated rings. The van der Waals surface area contributed by atoms with Gasteiger partial charge in [-0.05, 0) is 6.07 Å². The number of cyclic esters (lactones) is 1. The van der Waals surface area contributed by atoms with Gasteiger partial charge in [0, 0.05) is 36.8 Å². The van der Waals surface area contributed by atoms with Crippen LogP contribution in [0.25, 0.3) is 0 Å². The number of aromatic hydroxyl groups is 1. The highest BCUT2D eigenvalue weighted by atomic mass is 16.6. The summed E-state index contributed by atoms with van der Waals surface area (Å²) in [6.45, 7) is 0.988. The van der Waals surface area contributed by atoms with Crippen molar-refractivity contribution in [3.05, 3.63) is 90.0 Å². The fourth-order valence-corrected chi connectivity index (χ4v) is 4.52. The number of carbonyl (C=O) groups excluding carboxylic acids is 2. The zero-order chi connectivity index (χ0) is 22.1. The SMILES string of the molecule is O=C(Nc1cccc(O)n1)N1CCN2C(=O)OC(c3ccccc3)(c3ccccc3)C2C1. The van der Waals surface area contributed by atoms with Crippen LogP contribution in [0.5, 0.6) is 5.88 Å². The summed E-state index contributed by atoms with van der Waals surface area (Å²) in [5, 5.41) is 12.3. The van der Waals surface area contributed by atoms with Crippen molar-refractivity contribution in [1.82, 2.24) is 14.8 Å². The number of rotatable bonds is 3. The van der Waals surface area contributed by atoms with E-state index in [2.05, 4.69) is 10.3 Å². The van der Waals surface area contributed by atoms with Crippen LogP contribution < -0.4 is 5.32 Å². The molecule has 0 spiro atoms. The van der Waals surface area contributed by atoms with E-state index < -0.39 is 17.7 Å². The van der Waals surface area contributed by atoms with E-state index in [0.29, 0.717) is 13.1 Å². The number of hydrogen-bond donors (Lipinski definition) is 2. The van der Waals surface area contributed by atoms with Gasteiger partial charge >= 0.3 is 12.1 Å². The van der Waals surface area contributed by atoms with E-state index in [1.807, 2.05) is 60.7 Å². The first-order valence-electron chi connectivity index (χ1n) is 10.4. The summed E-state index contributed by atoms with van der Waals surface area (Å²) in [7, 11) is 0. The van der Waals surface area contributed by atoms with Gasteiger partial charge in [-0.3, -0.25) is 10.2 Å². The molecule has 2 aromatic carbocycles. The van der Waals surface area contributed by atoms with Gasteiger partial charge in [-0.15, -0.1) is 0 Å². The van der Waals surface area contributed by atoms with Crippen molar-refractivity contribution < 1.29 is 19.4 Å². The Bertz CT molecular complexity index is 1100. The third-order valence-corrected chi connectivity index (χ3v) is 5.99. The first-order chi connectivity index (χ1) is 15.6. The third kappa shape index (κ3) is 3.30. The number of piperazine rings is 1. The van der Waals surface area contributed by atoms with E-state index in [4.69, 9.17) is 4.74 Å². The molecule has 0 bridgehead atoms. The molecule has 3 amide bonds. The van der Waals surface area contributed by atoms with Gasteiger partial charge in [0.15, 0.2) is 5.60 Å². The number of carbonyl (C=O) groups is 2. The number of aromatic nitrogens is 1. The molecule has 8 nitrogen and oxygen atoms in total. The molecule has 2 aliphatic heterocycles. The number of nitrogens with one attached hydrogen (secondary N) is 1. The van der Waals surface area contributed by atoms with Crippen molar-refractivity contribution in [2.75, 3.05) is 25.0 Å². The third-order valence-electron chi connectivity index (χ3n) is 5.99. The highest BCUT2D eigenvalue weighted by Crippen LogP contribution is 2.45. The van der Waals surface area contributed by atoms with E-state index in [9.17, 15) is 14.7 Å². The zero-order valence-electron chi connectivity index (χ0n) is 17.2. The summed E-state index contributed by atoms with van der Waals surface area (Å²) < 4.78 is 6.11. The van der Waals surface area contributed by atoms with Crippen LogP contribution in [0.2, 0.25) is 0 Å². The molecule has 1 aromatic heterocycles. The molecular formula is C24H22N4O4. The highest BCUT2D eigenvalue weighted by Gasteiger charge is 2.58. The molecule has 0 aliphatic carbocycles. The second-order valence-electron chi connectivity index (χ2n) is 7.80. The van der Waals surface area contributed by atoms with Crippen LogP contribution in [0, 0.1) is 0 Å². The Kier molecular flexibility index (Phi) is 4.89. The molecular weight excluding hydrogens is 408 g/mol. The number of hydrogen-bond acceptors (Lipinski definition) is 5. The monoisotopic (exact) mass is 430 g/mol. The van der Waals surface area contributed by atoms with Crippen LogP contribution in [0.15, 0.2) is 78.9 Å². The van der Waals surface area contributed by atoms with Gasteiger partial charge in [0.2, 0.25) is 5.88 Å². The Labute approximate surface area is 185 Å². The van der Waals surface area contributed by atoms with E-state index in [1.165, 1.54) is 6.07 Å². The fourth-order valence-electron chi connectivity index (χ4n) is 4.52. The number of pyridine rings is 1. The number of benzene rings is 2. The topological polar surface area (TPSA) is 95.0 Å². The first-order valence-corrected chi connectivity index (χ1v) is 10.4. The number of anilines is 1. The molecule has 1 unspecified atom stereocenters.